The number of ether oxygens (including phenoxy) is 3. The largest absolute Gasteiger partial charge is 0.495 e. The number of non-ortho nitro benzene ring substituents is 1. The summed E-state index contributed by atoms with van der Waals surface area (Å²) in [4.78, 5) is 22.8. The highest BCUT2D eigenvalue weighted by Gasteiger charge is 2.13. The highest BCUT2D eigenvalue weighted by molar-refractivity contribution is 6.30. The van der Waals surface area contributed by atoms with Crippen LogP contribution in [0.1, 0.15) is 11.1 Å². The summed E-state index contributed by atoms with van der Waals surface area (Å²) < 4.78 is 16.4. The van der Waals surface area contributed by atoms with E-state index in [4.69, 9.17) is 25.8 Å². The molecule has 9 heteroatoms. The summed E-state index contributed by atoms with van der Waals surface area (Å²) in [5.74, 6) is 0.893. The fourth-order valence-electron chi connectivity index (χ4n) is 2.90. The minimum absolute atomic E-state index is 0.158. The summed E-state index contributed by atoms with van der Waals surface area (Å²) in [5.41, 5.74) is 1.70. The van der Waals surface area contributed by atoms with E-state index in [1.165, 1.54) is 38.5 Å². The second-order valence-electron chi connectivity index (χ2n) is 6.79. The molecule has 3 rings (SSSR count). The zero-order valence-electron chi connectivity index (χ0n) is 17.9. The third kappa shape index (κ3) is 6.47. The molecular formula is C24H21ClN2O6. The third-order valence-electron chi connectivity index (χ3n) is 4.57. The molecule has 8 nitrogen and oxygen atoms in total. The van der Waals surface area contributed by atoms with Gasteiger partial charge in [-0.25, -0.2) is 0 Å². The van der Waals surface area contributed by atoms with Gasteiger partial charge in [-0.15, -0.1) is 0 Å². The molecular weight excluding hydrogens is 448 g/mol. The normalized spacial score (nSPS) is 10.6. The monoisotopic (exact) mass is 468 g/mol. The summed E-state index contributed by atoms with van der Waals surface area (Å²) in [6.45, 7) is 0.343. The van der Waals surface area contributed by atoms with Crippen molar-refractivity contribution in [1.82, 2.24) is 0 Å². The Morgan fingerprint density at radius 1 is 1.00 bits per heavy atom. The number of methoxy groups -OCH3 is 2. The van der Waals surface area contributed by atoms with Crippen LogP contribution < -0.4 is 19.5 Å². The summed E-state index contributed by atoms with van der Waals surface area (Å²) in [6, 6.07) is 16.5. The molecule has 1 N–H and O–H groups in total. The van der Waals surface area contributed by atoms with Gasteiger partial charge in [-0.05, 0) is 47.5 Å². The van der Waals surface area contributed by atoms with Gasteiger partial charge >= 0.3 is 0 Å². The molecule has 0 aliphatic carbocycles. The van der Waals surface area contributed by atoms with E-state index in [1.54, 1.807) is 36.4 Å². The van der Waals surface area contributed by atoms with Crippen molar-refractivity contribution in [3.05, 3.63) is 93.0 Å². The lowest BCUT2D eigenvalue weighted by molar-refractivity contribution is -0.384. The predicted octanol–water partition coefficient (Wildman–Crippen LogP) is 5.50. The third-order valence-corrected chi connectivity index (χ3v) is 4.83. The molecule has 0 spiro atoms. The van der Waals surface area contributed by atoms with Crippen LogP contribution in [0.15, 0.2) is 66.7 Å². The Hall–Kier alpha value is -4.04. The Morgan fingerprint density at radius 3 is 2.36 bits per heavy atom. The molecule has 33 heavy (non-hydrogen) atoms. The number of rotatable bonds is 9. The molecule has 0 saturated heterocycles. The lowest BCUT2D eigenvalue weighted by atomic mass is 10.2. The van der Waals surface area contributed by atoms with Crippen molar-refractivity contribution in [2.45, 2.75) is 6.61 Å². The van der Waals surface area contributed by atoms with Gasteiger partial charge in [0.15, 0.2) is 11.5 Å². The number of nitrogens with one attached hydrogen (secondary N) is 1. The van der Waals surface area contributed by atoms with Crippen LogP contribution in [0, 0.1) is 10.1 Å². The lowest BCUT2D eigenvalue weighted by Gasteiger charge is -2.11. The van der Waals surface area contributed by atoms with E-state index in [0.29, 0.717) is 34.4 Å². The number of amides is 1. The fraction of sp³-hybridized carbons (Fsp3) is 0.125. The van der Waals surface area contributed by atoms with Gasteiger partial charge in [-0.1, -0.05) is 29.8 Å². The van der Waals surface area contributed by atoms with E-state index < -0.39 is 10.8 Å². The number of carbonyl (C=O) groups is 1. The van der Waals surface area contributed by atoms with Gasteiger partial charge in [-0.2, -0.15) is 0 Å². The zero-order chi connectivity index (χ0) is 23.8. The zero-order valence-corrected chi connectivity index (χ0v) is 18.7. The Labute approximate surface area is 195 Å². The molecule has 3 aromatic carbocycles. The molecule has 170 valence electrons. The highest BCUT2D eigenvalue weighted by atomic mass is 35.5. The average molecular weight is 469 g/mol. The molecule has 0 aliphatic heterocycles. The molecule has 0 unspecified atom stereocenters. The predicted molar refractivity (Wildman–Crippen MR) is 126 cm³/mol. The van der Waals surface area contributed by atoms with E-state index in [2.05, 4.69) is 5.32 Å². The lowest BCUT2D eigenvalue weighted by Crippen LogP contribution is -2.09. The van der Waals surface area contributed by atoms with Gasteiger partial charge in [0, 0.05) is 23.2 Å². The topological polar surface area (TPSA) is 99.9 Å². The first kappa shape index (κ1) is 23.6. The second kappa shape index (κ2) is 11.0. The number of anilines is 1. The molecule has 0 fully saturated rings. The summed E-state index contributed by atoms with van der Waals surface area (Å²) in [7, 11) is 2.94. The SMILES string of the molecule is COc1ccc([N+](=O)[O-])cc1NC(=O)C=Cc1ccc(OCc2ccc(Cl)cc2)c(OC)c1. The molecule has 0 bridgehead atoms. The van der Waals surface area contributed by atoms with Crippen LogP contribution in [-0.2, 0) is 11.4 Å². The molecule has 1 amide bonds. The van der Waals surface area contributed by atoms with Crippen molar-refractivity contribution in [3.63, 3.8) is 0 Å². The minimum Gasteiger partial charge on any atom is -0.495 e. The van der Waals surface area contributed by atoms with Crippen molar-refractivity contribution in [2.75, 3.05) is 19.5 Å². The van der Waals surface area contributed by atoms with Crippen LogP contribution in [0.2, 0.25) is 5.02 Å². The van der Waals surface area contributed by atoms with E-state index in [9.17, 15) is 14.9 Å². The first-order valence-corrected chi connectivity index (χ1v) is 10.1. The van der Waals surface area contributed by atoms with Gasteiger partial charge in [-0.3, -0.25) is 14.9 Å². The van der Waals surface area contributed by atoms with Crippen LogP contribution in [0.4, 0.5) is 11.4 Å². The number of hydrogen-bond acceptors (Lipinski definition) is 6. The van der Waals surface area contributed by atoms with Gasteiger partial charge in [0.25, 0.3) is 5.69 Å². The molecule has 0 aliphatic rings. The molecule has 0 aromatic heterocycles. The highest BCUT2D eigenvalue weighted by Crippen LogP contribution is 2.30. The number of hydrogen-bond donors (Lipinski definition) is 1. The Kier molecular flexibility index (Phi) is 7.88. The summed E-state index contributed by atoms with van der Waals surface area (Å²) in [5, 5.41) is 14.2. The quantitative estimate of drug-likeness (QED) is 0.253. The van der Waals surface area contributed by atoms with Gasteiger partial charge < -0.3 is 19.5 Å². The van der Waals surface area contributed by atoms with Crippen molar-refractivity contribution >= 4 is 35.0 Å². The number of nitrogens with zero attached hydrogens (tertiary/aromatic N) is 1. The van der Waals surface area contributed by atoms with Crippen molar-refractivity contribution in [1.29, 1.82) is 0 Å². The first-order chi connectivity index (χ1) is 15.9. The molecule has 0 atom stereocenters. The van der Waals surface area contributed by atoms with E-state index in [1.807, 2.05) is 12.1 Å². The standard InChI is InChI=1S/C24H21ClN2O6/c1-31-21-11-9-19(27(29)30)14-20(21)26-24(28)12-6-16-5-10-22(23(13-16)32-2)33-15-17-3-7-18(25)8-4-17/h3-14H,15H2,1-2H3,(H,26,28). The molecule has 0 radical (unpaired) electrons. The van der Waals surface area contributed by atoms with E-state index in [0.717, 1.165) is 5.56 Å². The summed E-state index contributed by atoms with van der Waals surface area (Å²) in [6.07, 6.45) is 2.89. The smallest absolute Gasteiger partial charge is 0.271 e. The van der Waals surface area contributed by atoms with Crippen LogP contribution in [0.25, 0.3) is 6.08 Å². The Balaban J connectivity index is 1.68. The second-order valence-corrected chi connectivity index (χ2v) is 7.23. The van der Waals surface area contributed by atoms with Gasteiger partial charge in [0.2, 0.25) is 5.91 Å². The number of nitro benzene ring substituents is 1. The first-order valence-electron chi connectivity index (χ1n) is 9.76. The summed E-state index contributed by atoms with van der Waals surface area (Å²) >= 11 is 5.90. The molecule has 0 saturated carbocycles. The maximum absolute atomic E-state index is 12.4. The van der Waals surface area contributed by atoms with Crippen LogP contribution in [-0.4, -0.2) is 25.1 Å². The number of benzene rings is 3. The average Bonchev–Trinajstić information content (AvgIpc) is 2.82. The minimum atomic E-state index is -0.548. The number of halogens is 1. The Bertz CT molecular complexity index is 1180. The molecule has 3 aromatic rings. The number of carbonyl (C=O) groups excluding carboxylic acids is 1. The number of nitro groups is 1. The van der Waals surface area contributed by atoms with Gasteiger partial charge in [0.05, 0.1) is 24.8 Å². The van der Waals surface area contributed by atoms with Crippen molar-refractivity contribution in [3.8, 4) is 17.2 Å². The van der Waals surface area contributed by atoms with Crippen molar-refractivity contribution in [2.24, 2.45) is 0 Å². The Morgan fingerprint density at radius 2 is 1.70 bits per heavy atom. The fourth-order valence-corrected chi connectivity index (χ4v) is 3.03. The maximum atomic E-state index is 12.4. The van der Waals surface area contributed by atoms with Crippen LogP contribution in [0.3, 0.4) is 0 Å². The maximum Gasteiger partial charge on any atom is 0.271 e. The van der Waals surface area contributed by atoms with E-state index >= 15 is 0 Å². The van der Waals surface area contributed by atoms with Crippen LogP contribution in [0.5, 0.6) is 17.2 Å². The van der Waals surface area contributed by atoms with Gasteiger partial charge in [0.1, 0.15) is 12.4 Å². The molecule has 0 heterocycles. The van der Waals surface area contributed by atoms with E-state index in [-0.39, 0.29) is 11.4 Å². The van der Waals surface area contributed by atoms with Crippen molar-refractivity contribution < 1.29 is 23.9 Å². The van der Waals surface area contributed by atoms with Crippen LogP contribution >= 0.6 is 11.6 Å².